The molecule has 1 heterocycles. The Morgan fingerprint density at radius 1 is 1.36 bits per heavy atom. The number of rotatable bonds is 1. The van der Waals surface area contributed by atoms with E-state index in [1.165, 1.54) is 5.56 Å². The summed E-state index contributed by atoms with van der Waals surface area (Å²) >= 11 is 1.60. The summed E-state index contributed by atoms with van der Waals surface area (Å²) in [6.07, 6.45) is 2.79. The topological polar surface area (TPSA) is 38.9 Å². The highest BCUT2D eigenvalue weighted by Crippen LogP contribution is 2.09. The van der Waals surface area contributed by atoms with E-state index in [1.54, 1.807) is 23.0 Å². The number of para-hydroxylation sites is 1. The second-order valence-corrected chi connectivity index (χ2v) is 3.48. The van der Waals surface area contributed by atoms with E-state index in [2.05, 4.69) is 18.0 Å². The van der Waals surface area contributed by atoms with Crippen molar-refractivity contribution in [3.05, 3.63) is 46.9 Å². The van der Waals surface area contributed by atoms with Gasteiger partial charge in [0.05, 0.1) is 5.51 Å². The lowest BCUT2D eigenvalue weighted by Gasteiger charge is -1.98. The van der Waals surface area contributed by atoms with Crippen molar-refractivity contribution in [3.8, 4) is 0 Å². The molecule has 2 aromatic rings. The molecule has 3 heteroatoms. The molecule has 0 aliphatic heterocycles. The van der Waals surface area contributed by atoms with E-state index in [9.17, 15) is 0 Å². The highest BCUT2D eigenvalue weighted by atomic mass is 32.1. The van der Waals surface area contributed by atoms with Crippen LogP contribution in [0.15, 0.2) is 41.4 Å². The van der Waals surface area contributed by atoms with E-state index in [0.29, 0.717) is 0 Å². The van der Waals surface area contributed by atoms with Crippen molar-refractivity contribution < 1.29 is 0 Å². The molecule has 0 fully saturated rings. The maximum absolute atomic E-state index is 5.63. The molecule has 0 bridgehead atoms. The number of anilines is 1. The van der Waals surface area contributed by atoms with Crippen molar-refractivity contribution in [2.45, 2.75) is 13.3 Å². The highest BCUT2D eigenvalue weighted by Gasteiger charge is 1.90. The van der Waals surface area contributed by atoms with Crippen LogP contribution in [0.3, 0.4) is 0 Å². The Morgan fingerprint density at radius 2 is 2.14 bits per heavy atom. The number of hydrogen-bond acceptors (Lipinski definition) is 3. The first kappa shape index (κ1) is 10.7. The molecular weight excluding hydrogens is 192 g/mol. The van der Waals surface area contributed by atoms with E-state index in [0.717, 1.165) is 12.1 Å². The van der Waals surface area contributed by atoms with Gasteiger partial charge in [0.15, 0.2) is 0 Å². The normalized spacial score (nSPS) is 8.93. The van der Waals surface area contributed by atoms with E-state index >= 15 is 0 Å². The first-order valence-corrected chi connectivity index (χ1v) is 5.44. The van der Waals surface area contributed by atoms with Gasteiger partial charge in [-0.25, -0.2) is 0 Å². The van der Waals surface area contributed by atoms with Gasteiger partial charge in [-0.05, 0) is 18.1 Å². The molecule has 0 saturated heterocycles. The molecular formula is C11H14N2S. The summed E-state index contributed by atoms with van der Waals surface area (Å²) in [7, 11) is 0. The Labute approximate surface area is 88.4 Å². The van der Waals surface area contributed by atoms with Crippen molar-refractivity contribution in [2.24, 2.45) is 0 Å². The molecule has 2 nitrogen and oxygen atoms in total. The SMILES string of the molecule is CCc1ccccc1N.c1cscn1. The molecule has 0 aliphatic rings. The molecule has 74 valence electrons. The molecule has 0 amide bonds. The van der Waals surface area contributed by atoms with Gasteiger partial charge in [-0.1, -0.05) is 25.1 Å². The Kier molecular flexibility index (Phi) is 4.72. The Bertz CT molecular complexity index is 327. The number of nitrogens with two attached hydrogens (primary N) is 1. The van der Waals surface area contributed by atoms with E-state index in [1.807, 2.05) is 23.6 Å². The minimum absolute atomic E-state index is 0.903. The van der Waals surface area contributed by atoms with Gasteiger partial charge in [-0.3, -0.25) is 4.98 Å². The molecule has 0 saturated carbocycles. The fourth-order valence-electron chi connectivity index (χ4n) is 1.03. The molecule has 0 spiro atoms. The lowest BCUT2D eigenvalue weighted by molar-refractivity contribution is 1.14. The van der Waals surface area contributed by atoms with Crippen molar-refractivity contribution in [1.82, 2.24) is 4.98 Å². The fourth-order valence-corrected chi connectivity index (χ4v) is 1.38. The number of aromatic nitrogens is 1. The smallest absolute Gasteiger partial charge is 0.0791 e. The molecule has 2 rings (SSSR count). The van der Waals surface area contributed by atoms with Crippen LogP contribution in [0.5, 0.6) is 0 Å². The summed E-state index contributed by atoms with van der Waals surface area (Å²) in [5, 5.41) is 1.93. The average Bonchev–Trinajstić information content (AvgIpc) is 2.76. The van der Waals surface area contributed by atoms with Crippen LogP contribution in [0.2, 0.25) is 0 Å². The van der Waals surface area contributed by atoms with E-state index in [4.69, 9.17) is 5.73 Å². The van der Waals surface area contributed by atoms with Crippen molar-refractivity contribution in [3.63, 3.8) is 0 Å². The Balaban J connectivity index is 0.000000165. The summed E-state index contributed by atoms with van der Waals surface area (Å²) in [6, 6.07) is 7.94. The number of nitrogen functional groups attached to an aromatic ring is 1. The third kappa shape index (κ3) is 3.58. The van der Waals surface area contributed by atoms with Crippen molar-refractivity contribution >= 4 is 17.0 Å². The second kappa shape index (κ2) is 6.16. The van der Waals surface area contributed by atoms with Gasteiger partial charge in [0.1, 0.15) is 0 Å². The van der Waals surface area contributed by atoms with Crippen LogP contribution >= 0.6 is 11.3 Å². The van der Waals surface area contributed by atoms with Crippen LogP contribution in [0.1, 0.15) is 12.5 Å². The van der Waals surface area contributed by atoms with Crippen LogP contribution in [0.25, 0.3) is 0 Å². The van der Waals surface area contributed by atoms with E-state index in [-0.39, 0.29) is 0 Å². The minimum Gasteiger partial charge on any atom is -0.399 e. The summed E-state index contributed by atoms with van der Waals surface area (Å²) in [5.74, 6) is 0. The lowest BCUT2D eigenvalue weighted by atomic mass is 10.1. The number of aryl methyl sites for hydroxylation is 1. The maximum Gasteiger partial charge on any atom is 0.0791 e. The van der Waals surface area contributed by atoms with Gasteiger partial charge in [0.25, 0.3) is 0 Å². The first-order chi connectivity index (χ1) is 6.84. The zero-order valence-corrected chi connectivity index (χ0v) is 9.00. The molecule has 0 atom stereocenters. The first-order valence-electron chi connectivity index (χ1n) is 4.50. The van der Waals surface area contributed by atoms with Gasteiger partial charge in [0, 0.05) is 17.3 Å². The summed E-state index contributed by atoms with van der Waals surface area (Å²) in [6.45, 7) is 2.10. The number of hydrogen-bond donors (Lipinski definition) is 1. The molecule has 1 aromatic heterocycles. The minimum atomic E-state index is 0.903. The van der Waals surface area contributed by atoms with Gasteiger partial charge >= 0.3 is 0 Å². The molecule has 0 radical (unpaired) electrons. The Morgan fingerprint density at radius 3 is 2.50 bits per heavy atom. The average molecular weight is 206 g/mol. The predicted molar refractivity (Wildman–Crippen MR) is 62.3 cm³/mol. The summed E-state index contributed by atoms with van der Waals surface area (Å²) in [4.78, 5) is 3.74. The van der Waals surface area contributed by atoms with Crippen molar-refractivity contribution in [2.75, 3.05) is 5.73 Å². The van der Waals surface area contributed by atoms with Crippen molar-refractivity contribution in [1.29, 1.82) is 0 Å². The van der Waals surface area contributed by atoms with Gasteiger partial charge < -0.3 is 5.73 Å². The zero-order valence-electron chi connectivity index (χ0n) is 8.18. The zero-order chi connectivity index (χ0) is 10.2. The fraction of sp³-hybridized carbons (Fsp3) is 0.182. The maximum atomic E-state index is 5.63. The van der Waals surface area contributed by atoms with Gasteiger partial charge in [-0.2, -0.15) is 0 Å². The van der Waals surface area contributed by atoms with Crippen LogP contribution in [0, 0.1) is 0 Å². The predicted octanol–water partition coefficient (Wildman–Crippen LogP) is 2.97. The molecule has 14 heavy (non-hydrogen) atoms. The standard InChI is InChI=1S/C8H11N.C3H3NS/c1-2-7-5-3-4-6-8(7)9;1-2-5-3-4-1/h3-6H,2,9H2,1H3;1-3H. The van der Waals surface area contributed by atoms with Crippen LogP contribution in [-0.4, -0.2) is 4.98 Å². The number of benzene rings is 1. The van der Waals surface area contributed by atoms with Gasteiger partial charge in [-0.15, -0.1) is 11.3 Å². The third-order valence-corrected chi connectivity index (χ3v) is 2.31. The second-order valence-electron chi connectivity index (χ2n) is 2.73. The molecule has 2 N–H and O–H groups in total. The quantitative estimate of drug-likeness (QED) is 0.728. The van der Waals surface area contributed by atoms with Crippen LogP contribution < -0.4 is 5.73 Å². The number of nitrogens with zero attached hydrogens (tertiary/aromatic N) is 1. The molecule has 0 aliphatic carbocycles. The highest BCUT2D eigenvalue weighted by molar-refractivity contribution is 7.07. The summed E-state index contributed by atoms with van der Waals surface area (Å²) < 4.78 is 0. The lowest BCUT2D eigenvalue weighted by Crippen LogP contribution is -1.90. The molecule has 1 aromatic carbocycles. The summed E-state index contributed by atoms with van der Waals surface area (Å²) in [5.41, 5.74) is 9.56. The van der Waals surface area contributed by atoms with Gasteiger partial charge in [0.2, 0.25) is 0 Å². The Hall–Kier alpha value is -1.35. The molecule has 0 unspecified atom stereocenters. The van der Waals surface area contributed by atoms with E-state index < -0.39 is 0 Å². The monoisotopic (exact) mass is 206 g/mol. The van der Waals surface area contributed by atoms with Crippen LogP contribution in [-0.2, 0) is 6.42 Å². The third-order valence-electron chi connectivity index (χ3n) is 1.78. The number of thiazole rings is 1. The largest absolute Gasteiger partial charge is 0.399 e. The van der Waals surface area contributed by atoms with Crippen LogP contribution in [0.4, 0.5) is 5.69 Å².